The number of aryl methyl sites for hydroxylation is 1. The molecule has 0 atom stereocenters. The fourth-order valence-corrected chi connectivity index (χ4v) is 2.78. The van der Waals surface area contributed by atoms with E-state index in [-0.39, 0.29) is 0 Å². The summed E-state index contributed by atoms with van der Waals surface area (Å²) in [7, 11) is 0. The number of aromatic nitrogens is 2. The summed E-state index contributed by atoms with van der Waals surface area (Å²) < 4.78 is 0.695. The Morgan fingerprint density at radius 3 is 2.62 bits per heavy atom. The van der Waals surface area contributed by atoms with E-state index in [9.17, 15) is 0 Å². The van der Waals surface area contributed by atoms with Crippen molar-refractivity contribution in [3.05, 3.63) is 58.5 Å². The first kappa shape index (κ1) is 14.0. The lowest BCUT2D eigenvalue weighted by Crippen LogP contribution is -2.00. The van der Waals surface area contributed by atoms with Crippen LogP contribution >= 0.6 is 12.2 Å². The molecule has 2 aromatic carbocycles. The highest BCUT2D eigenvalue weighted by atomic mass is 32.1. The molecule has 0 amide bonds. The second kappa shape index (κ2) is 5.78. The van der Waals surface area contributed by atoms with Crippen LogP contribution in [0.25, 0.3) is 22.0 Å². The maximum atomic E-state index is 5.41. The molecule has 1 N–H and O–H groups in total. The summed E-state index contributed by atoms with van der Waals surface area (Å²) in [4.78, 5) is 7.93. The number of H-pyrrole nitrogens is 1. The fourth-order valence-electron chi connectivity index (χ4n) is 2.57. The van der Waals surface area contributed by atoms with Gasteiger partial charge in [0.2, 0.25) is 0 Å². The highest BCUT2D eigenvalue weighted by Gasteiger charge is 2.08. The Labute approximate surface area is 129 Å². The zero-order valence-corrected chi connectivity index (χ0v) is 13.1. The smallest absolute Gasteiger partial charge is 0.133 e. The van der Waals surface area contributed by atoms with Crippen molar-refractivity contribution in [3.63, 3.8) is 0 Å². The number of aromatic amines is 1. The third-order valence-electron chi connectivity index (χ3n) is 3.73. The average molecular weight is 294 g/mol. The molecule has 106 valence electrons. The Morgan fingerprint density at radius 1 is 1.10 bits per heavy atom. The number of nitrogens with one attached hydrogen (secondary N) is 1. The Hall–Kier alpha value is -2.00. The van der Waals surface area contributed by atoms with Crippen molar-refractivity contribution in [3.8, 4) is 11.3 Å². The maximum absolute atomic E-state index is 5.41. The predicted octanol–water partition coefficient (Wildman–Crippen LogP) is 5.22. The lowest BCUT2D eigenvalue weighted by atomic mass is 10.0. The Morgan fingerprint density at radius 2 is 1.86 bits per heavy atom. The molecule has 0 aliphatic carbocycles. The first-order valence-electron chi connectivity index (χ1n) is 7.28. The molecule has 0 saturated carbocycles. The van der Waals surface area contributed by atoms with Crippen molar-refractivity contribution in [2.45, 2.75) is 26.7 Å². The van der Waals surface area contributed by atoms with Crippen molar-refractivity contribution in [1.82, 2.24) is 9.97 Å². The summed E-state index contributed by atoms with van der Waals surface area (Å²) in [6.45, 7) is 4.18. The summed E-state index contributed by atoms with van der Waals surface area (Å²) >= 11 is 5.41. The molecule has 0 aliphatic heterocycles. The molecule has 3 aromatic rings. The van der Waals surface area contributed by atoms with E-state index in [1.807, 2.05) is 6.92 Å². The normalized spacial score (nSPS) is 11.0. The quantitative estimate of drug-likeness (QED) is 0.671. The van der Waals surface area contributed by atoms with Gasteiger partial charge in [-0.1, -0.05) is 55.5 Å². The van der Waals surface area contributed by atoms with Crippen molar-refractivity contribution in [1.29, 1.82) is 0 Å². The fraction of sp³-hybridized carbons (Fsp3) is 0.222. The molecule has 21 heavy (non-hydrogen) atoms. The molecule has 0 spiro atoms. The third-order valence-corrected chi connectivity index (χ3v) is 4.12. The second-order valence-electron chi connectivity index (χ2n) is 5.30. The molecule has 0 radical (unpaired) electrons. The van der Waals surface area contributed by atoms with E-state index in [1.165, 1.54) is 10.8 Å². The van der Waals surface area contributed by atoms with Crippen LogP contribution in [0.2, 0.25) is 0 Å². The van der Waals surface area contributed by atoms with Crippen LogP contribution in [-0.2, 0) is 6.42 Å². The Kier molecular flexibility index (Phi) is 3.84. The number of hydrogen-bond acceptors (Lipinski definition) is 2. The molecule has 0 fully saturated rings. The van der Waals surface area contributed by atoms with Gasteiger partial charge in [0.15, 0.2) is 0 Å². The molecule has 0 saturated heterocycles. The minimum atomic E-state index is 0.695. The van der Waals surface area contributed by atoms with E-state index in [0.717, 1.165) is 35.5 Å². The number of nitrogens with zero attached hydrogens (tertiary/aromatic N) is 1. The van der Waals surface area contributed by atoms with Gasteiger partial charge in [-0.3, -0.25) is 0 Å². The van der Waals surface area contributed by atoms with Crippen molar-refractivity contribution < 1.29 is 0 Å². The summed E-state index contributed by atoms with van der Waals surface area (Å²) in [5, 5.41) is 2.49. The molecule has 0 aliphatic rings. The zero-order valence-electron chi connectivity index (χ0n) is 12.3. The van der Waals surface area contributed by atoms with Crippen LogP contribution in [-0.4, -0.2) is 9.97 Å². The van der Waals surface area contributed by atoms with Crippen molar-refractivity contribution in [2.75, 3.05) is 0 Å². The molecule has 2 nitrogen and oxygen atoms in total. The SMILES string of the molecule is CCCc1nc(=S)c(C)c(-c2ccc3ccccc3c2)[nH]1. The van der Waals surface area contributed by atoms with Gasteiger partial charge >= 0.3 is 0 Å². The van der Waals surface area contributed by atoms with Gasteiger partial charge in [-0.15, -0.1) is 0 Å². The van der Waals surface area contributed by atoms with Gasteiger partial charge in [0.25, 0.3) is 0 Å². The third kappa shape index (κ3) is 2.74. The highest BCUT2D eigenvalue weighted by molar-refractivity contribution is 7.71. The lowest BCUT2D eigenvalue weighted by molar-refractivity contribution is 0.829. The van der Waals surface area contributed by atoms with Gasteiger partial charge in [-0.25, -0.2) is 4.98 Å². The molecule has 3 heteroatoms. The number of hydrogen-bond donors (Lipinski definition) is 1. The summed E-state index contributed by atoms with van der Waals surface area (Å²) in [6.07, 6.45) is 1.98. The van der Waals surface area contributed by atoms with Crippen LogP contribution in [0.1, 0.15) is 24.7 Å². The van der Waals surface area contributed by atoms with Crippen LogP contribution in [0.3, 0.4) is 0 Å². The van der Waals surface area contributed by atoms with Gasteiger partial charge in [-0.2, -0.15) is 0 Å². The highest BCUT2D eigenvalue weighted by Crippen LogP contribution is 2.26. The molecular weight excluding hydrogens is 276 g/mol. The molecule has 1 heterocycles. The average Bonchev–Trinajstić information content (AvgIpc) is 2.50. The van der Waals surface area contributed by atoms with E-state index in [0.29, 0.717) is 4.64 Å². The summed E-state index contributed by atoms with van der Waals surface area (Å²) in [6, 6.07) is 14.9. The van der Waals surface area contributed by atoms with Gasteiger partial charge in [0.05, 0.1) is 5.69 Å². The maximum Gasteiger partial charge on any atom is 0.133 e. The minimum absolute atomic E-state index is 0.695. The van der Waals surface area contributed by atoms with E-state index in [4.69, 9.17) is 12.2 Å². The van der Waals surface area contributed by atoms with Crippen molar-refractivity contribution in [2.24, 2.45) is 0 Å². The predicted molar refractivity (Wildman–Crippen MR) is 91.1 cm³/mol. The molecular formula is C18H18N2S. The van der Waals surface area contributed by atoms with Crippen molar-refractivity contribution >= 4 is 23.0 Å². The number of rotatable bonds is 3. The zero-order chi connectivity index (χ0) is 14.8. The number of fused-ring (bicyclic) bond motifs is 1. The van der Waals surface area contributed by atoms with Gasteiger partial charge in [-0.05, 0) is 35.7 Å². The van der Waals surface area contributed by atoms with E-state index < -0.39 is 0 Å². The van der Waals surface area contributed by atoms with Crippen LogP contribution in [0.4, 0.5) is 0 Å². The monoisotopic (exact) mass is 294 g/mol. The first-order valence-corrected chi connectivity index (χ1v) is 7.69. The van der Waals surface area contributed by atoms with E-state index in [2.05, 4.69) is 59.4 Å². The van der Waals surface area contributed by atoms with Crippen LogP contribution in [0, 0.1) is 11.6 Å². The van der Waals surface area contributed by atoms with Crippen LogP contribution in [0.15, 0.2) is 42.5 Å². The minimum Gasteiger partial charge on any atom is -0.343 e. The first-order chi connectivity index (χ1) is 10.2. The largest absolute Gasteiger partial charge is 0.343 e. The number of benzene rings is 2. The lowest BCUT2D eigenvalue weighted by Gasteiger charge is -2.10. The Bertz CT molecular complexity index is 849. The van der Waals surface area contributed by atoms with Crippen LogP contribution < -0.4 is 0 Å². The van der Waals surface area contributed by atoms with Crippen LogP contribution in [0.5, 0.6) is 0 Å². The van der Waals surface area contributed by atoms with Gasteiger partial charge in [0, 0.05) is 12.0 Å². The topological polar surface area (TPSA) is 28.7 Å². The Balaban J connectivity index is 2.19. The second-order valence-corrected chi connectivity index (χ2v) is 5.69. The summed E-state index contributed by atoms with van der Waals surface area (Å²) in [5.74, 6) is 0.969. The molecule has 3 rings (SSSR count). The molecule has 1 aromatic heterocycles. The summed E-state index contributed by atoms with van der Waals surface area (Å²) in [5.41, 5.74) is 3.29. The van der Waals surface area contributed by atoms with E-state index >= 15 is 0 Å². The van der Waals surface area contributed by atoms with E-state index in [1.54, 1.807) is 0 Å². The molecule has 0 bridgehead atoms. The standard InChI is InChI=1S/C18H18N2S/c1-3-6-16-19-17(12(2)18(21)20-16)15-10-9-13-7-4-5-8-14(13)11-15/h4-5,7-11H,3,6H2,1-2H3,(H,19,20,21). The van der Waals surface area contributed by atoms with Gasteiger partial charge in [0.1, 0.15) is 10.5 Å². The van der Waals surface area contributed by atoms with Gasteiger partial charge < -0.3 is 4.98 Å². The molecule has 0 unspecified atom stereocenters.